The molecule has 8 nitrogen and oxygen atoms in total. The smallest absolute Gasteiger partial charge is 0.335 e. The van der Waals surface area contributed by atoms with Crippen LogP contribution in [0.4, 0.5) is 5.69 Å². The molecule has 0 spiro atoms. The third kappa shape index (κ3) is 5.20. The van der Waals surface area contributed by atoms with Crippen molar-refractivity contribution in [2.45, 2.75) is 102 Å². The van der Waals surface area contributed by atoms with Crippen LogP contribution in [0.3, 0.4) is 0 Å². The van der Waals surface area contributed by atoms with Gasteiger partial charge in [0.2, 0.25) is 0 Å². The summed E-state index contributed by atoms with van der Waals surface area (Å²) in [5.74, 6) is 0. The molecule has 0 bridgehead atoms. The van der Waals surface area contributed by atoms with Crippen LogP contribution in [0.25, 0.3) is 0 Å². The maximum atomic E-state index is 7.31. The molecule has 0 aliphatic carbocycles. The molecular weight excluding hydrogens is 591 g/mol. The second kappa shape index (κ2) is 11.6. The molecule has 1 aromatic heterocycles. The third-order valence-corrected chi connectivity index (χ3v) is 18.1. The molecule has 0 N–H and O–H groups in total. The van der Waals surface area contributed by atoms with Gasteiger partial charge in [0.1, 0.15) is 12.2 Å². The Morgan fingerprint density at radius 1 is 0.947 bits per heavy atom. The number of benzene rings is 1. The zero-order valence-electron chi connectivity index (χ0n) is 23.7. The van der Waals surface area contributed by atoms with Crippen molar-refractivity contribution in [1.29, 1.82) is 0 Å². The van der Waals surface area contributed by atoms with E-state index >= 15 is 0 Å². The molecule has 2 fully saturated rings. The van der Waals surface area contributed by atoms with Crippen molar-refractivity contribution >= 4 is 22.8 Å². The van der Waals surface area contributed by atoms with Crippen molar-refractivity contribution in [2.75, 3.05) is 6.61 Å². The van der Waals surface area contributed by atoms with E-state index in [1.54, 1.807) is 0 Å². The standard InChI is InChI=1S/C27H39N3O5Si2.Y/c1-17(2)36(18(3)4)31-16-22-24(34-37(35-36,19(5)6)20(7)8)25-26(32-22)30-15-14-23(29-27(30)33-25)28-21-12-10-9-11-13-21;/h9-12,15,17-20,22,24-26H,16H2,1-8H3;/q-2;/t22-,24-,25?,26+;/m0./s1. The SMILES string of the molecule is CC(C)[Si]1(C(C)C)OC[C@@H]2O[C@@H]3C(Oc4nc(=Nc5[c-]cccc5)[c-]cn43)[C@H]2O[Si](C(C)C)(C(C)C)O1.[Y]. The molecule has 1 unspecified atom stereocenters. The molecule has 4 atom stereocenters. The quantitative estimate of drug-likeness (QED) is 0.329. The van der Waals surface area contributed by atoms with Gasteiger partial charge in [-0.2, -0.15) is 30.5 Å². The Labute approximate surface area is 253 Å². The summed E-state index contributed by atoms with van der Waals surface area (Å²) in [5, 5.41) is 0. The molecule has 4 heterocycles. The van der Waals surface area contributed by atoms with Crippen molar-refractivity contribution in [3.05, 3.63) is 48.1 Å². The summed E-state index contributed by atoms with van der Waals surface area (Å²) in [6.07, 6.45) is 0.511. The molecule has 5 rings (SSSR count). The van der Waals surface area contributed by atoms with Crippen molar-refractivity contribution in [3.8, 4) is 6.01 Å². The predicted molar refractivity (Wildman–Crippen MR) is 144 cm³/mol. The normalized spacial score (nSPS) is 27.9. The van der Waals surface area contributed by atoms with Gasteiger partial charge in [-0.15, -0.1) is 6.07 Å². The average Bonchev–Trinajstić information content (AvgIpc) is 3.34. The minimum atomic E-state index is -2.78. The fourth-order valence-electron chi connectivity index (χ4n) is 5.85. The number of aromatic nitrogens is 2. The van der Waals surface area contributed by atoms with E-state index in [-0.39, 0.29) is 79.4 Å². The summed E-state index contributed by atoms with van der Waals surface area (Å²) < 4.78 is 36.2. The van der Waals surface area contributed by atoms with E-state index in [2.05, 4.69) is 77.5 Å². The summed E-state index contributed by atoms with van der Waals surface area (Å²) in [6.45, 7) is 18.2. The first-order chi connectivity index (χ1) is 17.6. The predicted octanol–water partition coefficient (Wildman–Crippen LogP) is 5.33. The minimum absolute atomic E-state index is 0. The van der Waals surface area contributed by atoms with Gasteiger partial charge < -0.3 is 33.1 Å². The summed E-state index contributed by atoms with van der Waals surface area (Å²) in [7, 11) is -5.39. The van der Waals surface area contributed by atoms with Crippen LogP contribution in [0.1, 0.15) is 61.6 Å². The van der Waals surface area contributed by atoms with Gasteiger partial charge in [0.25, 0.3) is 6.01 Å². The Morgan fingerprint density at radius 3 is 2.24 bits per heavy atom. The molecule has 0 saturated carbocycles. The van der Waals surface area contributed by atoms with E-state index < -0.39 is 17.1 Å². The molecule has 38 heavy (non-hydrogen) atoms. The molecule has 3 aliphatic heterocycles. The van der Waals surface area contributed by atoms with Crippen LogP contribution < -0.4 is 10.2 Å². The van der Waals surface area contributed by atoms with Crippen molar-refractivity contribution in [3.63, 3.8) is 0 Å². The third-order valence-electron chi connectivity index (χ3n) is 7.81. The second-order valence-corrected chi connectivity index (χ2v) is 20.3. The van der Waals surface area contributed by atoms with Crippen molar-refractivity contribution < 1.29 is 55.2 Å². The molecule has 1 aromatic carbocycles. The fourth-order valence-corrected chi connectivity index (χ4v) is 17.1. The van der Waals surface area contributed by atoms with E-state index in [4.69, 9.17) is 22.4 Å². The Balaban J connectivity index is 0.00000336. The van der Waals surface area contributed by atoms with E-state index in [1.165, 1.54) is 0 Å². The topological polar surface area (TPSA) is 76.3 Å². The Kier molecular flexibility index (Phi) is 9.26. The maximum Gasteiger partial charge on any atom is 0.335 e. The first kappa shape index (κ1) is 30.2. The zero-order chi connectivity index (χ0) is 26.5. The molecule has 2 saturated heterocycles. The minimum Gasteiger partial charge on any atom is -0.454 e. The molecule has 0 amide bonds. The first-order valence-electron chi connectivity index (χ1n) is 13.4. The van der Waals surface area contributed by atoms with Gasteiger partial charge in [-0.1, -0.05) is 61.1 Å². The van der Waals surface area contributed by atoms with E-state index in [1.807, 2.05) is 35.0 Å². The van der Waals surface area contributed by atoms with Gasteiger partial charge in [-0.25, -0.2) is 4.98 Å². The number of hydrogen-bond donors (Lipinski definition) is 0. The molecule has 3 aliphatic rings. The summed E-state index contributed by atoms with van der Waals surface area (Å²) in [4.78, 5) is 9.13. The summed E-state index contributed by atoms with van der Waals surface area (Å²) in [5.41, 5.74) is 2.16. The number of para-hydroxylation sites is 1. The van der Waals surface area contributed by atoms with Gasteiger partial charge in [0, 0.05) is 32.7 Å². The number of rotatable bonds is 5. The van der Waals surface area contributed by atoms with Gasteiger partial charge in [0.15, 0.2) is 12.3 Å². The van der Waals surface area contributed by atoms with Crippen LogP contribution >= 0.6 is 0 Å². The van der Waals surface area contributed by atoms with Gasteiger partial charge >= 0.3 is 17.1 Å². The Bertz CT molecular complexity index is 1160. The number of hydrogen-bond acceptors (Lipinski definition) is 7. The summed E-state index contributed by atoms with van der Waals surface area (Å²) >= 11 is 0. The number of nitrogens with zero attached hydrogens (tertiary/aromatic N) is 3. The van der Waals surface area contributed by atoms with Crippen LogP contribution in [0, 0.1) is 12.1 Å². The van der Waals surface area contributed by atoms with E-state index in [0.29, 0.717) is 23.8 Å². The Morgan fingerprint density at radius 2 is 1.63 bits per heavy atom. The van der Waals surface area contributed by atoms with Crippen LogP contribution in [0.5, 0.6) is 6.01 Å². The number of fused-ring (bicyclic) bond motifs is 5. The first-order valence-corrected chi connectivity index (χ1v) is 17.4. The van der Waals surface area contributed by atoms with Gasteiger partial charge in [-0.05, 0) is 27.7 Å². The van der Waals surface area contributed by atoms with Gasteiger partial charge in [-0.3, -0.25) is 4.99 Å². The average molecular weight is 631 g/mol. The maximum absolute atomic E-state index is 7.31. The summed E-state index contributed by atoms with van der Waals surface area (Å²) in [6, 6.07) is 14.2. The molecule has 1 radical (unpaired) electrons. The van der Waals surface area contributed by atoms with Crippen LogP contribution in [-0.4, -0.2) is 51.6 Å². The van der Waals surface area contributed by atoms with Crippen molar-refractivity contribution in [1.82, 2.24) is 9.55 Å². The van der Waals surface area contributed by atoms with Crippen molar-refractivity contribution in [2.24, 2.45) is 4.99 Å². The molecular formula is C27H39N3O5Si2Y-2. The largest absolute Gasteiger partial charge is 0.454 e. The van der Waals surface area contributed by atoms with Crippen LogP contribution in [0.15, 0.2) is 35.5 Å². The van der Waals surface area contributed by atoms with E-state index in [0.717, 1.165) is 0 Å². The molecule has 205 valence electrons. The molecule has 11 heteroatoms. The van der Waals surface area contributed by atoms with Crippen LogP contribution in [-0.2, 0) is 50.4 Å². The Hall–Kier alpha value is -0.722. The molecule has 2 aromatic rings. The van der Waals surface area contributed by atoms with Crippen LogP contribution in [0.2, 0.25) is 22.2 Å². The second-order valence-electron chi connectivity index (χ2n) is 11.5. The fraction of sp³-hybridized carbons (Fsp3) is 0.630. The van der Waals surface area contributed by atoms with E-state index in [9.17, 15) is 0 Å². The monoisotopic (exact) mass is 630 g/mol. The number of ether oxygens (including phenoxy) is 2. The zero-order valence-corrected chi connectivity index (χ0v) is 28.5. The van der Waals surface area contributed by atoms with Gasteiger partial charge in [0.05, 0.1) is 6.61 Å².